The van der Waals surface area contributed by atoms with Gasteiger partial charge in [-0.05, 0) is 36.4 Å². The number of nitrogen functional groups attached to an aromatic ring is 1. The second kappa shape index (κ2) is 12.8. The lowest BCUT2D eigenvalue weighted by molar-refractivity contribution is -0.138. The molecule has 1 fully saturated rings. The third kappa shape index (κ3) is 8.54. The summed E-state index contributed by atoms with van der Waals surface area (Å²) in [6, 6.07) is 3.98. The molecule has 3 heterocycles. The van der Waals surface area contributed by atoms with Gasteiger partial charge in [0.15, 0.2) is 5.82 Å². The van der Waals surface area contributed by atoms with E-state index in [-0.39, 0.29) is 35.2 Å². The van der Waals surface area contributed by atoms with E-state index in [1.807, 2.05) is 0 Å². The third-order valence-electron chi connectivity index (χ3n) is 6.14. The lowest BCUT2D eigenvalue weighted by Crippen LogP contribution is -2.24. The van der Waals surface area contributed by atoms with Crippen molar-refractivity contribution in [2.45, 2.75) is 50.4 Å². The number of nitrogens with one attached hydrogen (secondary N) is 1. The Bertz CT molecular complexity index is 1670. The number of pyridine rings is 1. The van der Waals surface area contributed by atoms with Crippen LogP contribution in [-0.4, -0.2) is 30.7 Å². The summed E-state index contributed by atoms with van der Waals surface area (Å²) in [4.78, 5) is 29.6. The van der Waals surface area contributed by atoms with Gasteiger partial charge in [-0.2, -0.15) is 31.4 Å². The lowest BCUT2D eigenvalue weighted by atomic mass is 9.97. The largest absolute Gasteiger partial charge is 0.423 e. The van der Waals surface area contributed by atoms with Crippen LogP contribution in [0.5, 0.6) is 0 Å². The second-order valence-electron chi connectivity index (χ2n) is 9.39. The van der Waals surface area contributed by atoms with Crippen molar-refractivity contribution in [2.75, 3.05) is 5.73 Å². The molecule has 0 atom stereocenters. The zero-order valence-corrected chi connectivity index (χ0v) is 22.2. The van der Waals surface area contributed by atoms with E-state index in [1.165, 1.54) is 23.9 Å². The summed E-state index contributed by atoms with van der Waals surface area (Å²) in [6.45, 7) is 0. The number of hydrogen-bond donors (Lipinski definition) is 2. The van der Waals surface area contributed by atoms with Crippen LogP contribution in [0.4, 0.5) is 45.2 Å². The van der Waals surface area contributed by atoms with Crippen LogP contribution in [-0.2, 0) is 19.4 Å². The quantitative estimate of drug-likeness (QED) is 0.247. The number of rotatable bonds is 1. The predicted octanol–water partition coefficient (Wildman–Crippen LogP) is 6.11. The highest BCUT2D eigenvalue weighted by Gasteiger charge is 2.36. The van der Waals surface area contributed by atoms with E-state index >= 15 is 0 Å². The molecule has 232 valence electrons. The van der Waals surface area contributed by atoms with Crippen LogP contribution in [0, 0.1) is 5.82 Å². The molecule has 0 aliphatic heterocycles. The Morgan fingerprint density at radius 2 is 1.53 bits per heavy atom. The molecule has 1 aromatic carbocycles. The first-order valence-electron chi connectivity index (χ1n) is 12.4. The zero-order valence-electron chi connectivity index (χ0n) is 22.2. The van der Waals surface area contributed by atoms with Gasteiger partial charge < -0.3 is 10.3 Å². The fraction of sp³-hybridized carbons (Fsp3) is 0.346. The Hall–Kier alpha value is -4.44. The number of aromatic nitrogens is 5. The van der Waals surface area contributed by atoms with Crippen molar-refractivity contribution in [3.8, 4) is 11.4 Å². The van der Waals surface area contributed by atoms with Gasteiger partial charge in [0.05, 0.1) is 28.4 Å². The van der Waals surface area contributed by atoms with Crippen molar-refractivity contribution < 1.29 is 39.5 Å². The minimum absolute atomic E-state index is 0.0699. The molecule has 0 saturated heterocycles. The van der Waals surface area contributed by atoms with Gasteiger partial charge in [-0.3, -0.25) is 9.59 Å². The Morgan fingerprint density at radius 3 is 2.00 bits per heavy atom. The first kappa shape index (κ1) is 33.1. The highest BCUT2D eigenvalue weighted by Crippen LogP contribution is 2.33. The SMILES string of the molecule is Cn1ccc2cc(-c3ncc(C(F)(F)F)cn3)c(F)cc2c1=O.FC1(F)CCCCC1.Nc1cn[nH]c(=O)c1C(F)(F)F. The minimum atomic E-state index is -4.74. The Balaban J connectivity index is 0.000000210. The van der Waals surface area contributed by atoms with E-state index < -0.39 is 46.5 Å². The maximum absolute atomic E-state index is 14.2. The van der Waals surface area contributed by atoms with Crippen LogP contribution in [0.2, 0.25) is 0 Å². The Labute approximate surface area is 236 Å². The number of H-pyrrole nitrogens is 1. The normalized spacial score (nSPS) is 14.7. The molecule has 4 aromatic rings. The molecule has 0 spiro atoms. The van der Waals surface area contributed by atoms with Crippen LogP contribution in [0.3, 0.4) is 0 Å². The van der Waals surface area contributed by atoms with Crippen molar-refractivity contribution in [1.82, 2.24) is 24.7 Å². The van der Waals surface area contributed by atoms with Gasteiger partial charge in [-0.25, -0.2) is 28.2 Å². The van der Waals surface area contributed by atoms with E-state index in [1.54, 1.807) is 11.2 Å². The van der Waals surface area contributed by atoms with Crippen LogP contribution in [0.1, 0.15) is 43.2 Å². The third-order valence-corrected chi connectivity index (χ3v) is 6.14. The summed E-state index contributed by atoms with van der Waals surface area (Å²) in [6.07, 6.45) is -3.20. The summed E-state index contributed by atoms with van der Waals surface area (Å²) in [7, 11) is 1.53. The molecule has 0 amide bonds. The fourth-order valence-electron chi connectivity index (χ4n) is 3.92. The number of alkyl halides is 8. The van der Waals surface area contributed by atoms with E-state index in [2.05, 4.69) is 15.1 Å². The number of aromatic amines is 1. The highest BCUT2D eigenvalue weighted by molar-refractivity contribution is 5.85. The van der Waals surface area contributed by atoms with Gasteiger partial charge in [-0.1, -0.05) is 6.42 Å². The minimum Gasteiger partial charge on any atom is -0.397 e. The monoisotopic (exact) mass is 622 g/mol. The van der Waals surface area contributed by atoms with E-state index in [0.29, 0.717) is 30.6 Å². The number of hydrogen-bond acceptors (Lipinski definition) is 6. The topological polar surface area (TPSA) is 120 Å². The molecule has 1 aliphatic rings. The fourth-order valence-corrected chi connectivity index (χ4v) is 3.92. The van der Waals surface area contributed by atoms with Gasteiger partial charge in [0.1, 0.15) is 11.4 Å². The summed E-state index contributed by atoms with van der Waals surface area (Å²) in [5, 5.41) is 5.36. The van der Waals surface area contributed by atoms with Crippen molar-refractivity contribution in [3.05, 3.63) is 80.6 Å². The number of nitrogens with zero attached hydrogens (tertiary/aromatic N) is 4. The molecular weight excluding hydrogens is 599 g/mol. The van der Waals surface area contributed by atoms with Crippen LogP contribution in [0.25, 0.3) is 22.2 Å². The Morgan fingerprint density at radius 1 is 0.930 bits per heavy atom. The van der Waals surface area contributed by atoms with Crippen molar-refractivity contribution >= 4 is 16.5 Å². The molecule has 3 N–H and O–H groups in total. The summed E-state index contributed by atoms with van der Waals surface area (Å²) in [5.74, 6) is -3.28. The van der Waals surface area contributed by atoms with E-state index in [4.69, 9.17) is 5.73 Å². The molecule has 0 radical (unpaired) electrons. The number of anilines is 1. The smallest absolute Gasteiger partial charge is 0.397 e. The first-order chi connectivity index (χ1) is 19.9. The maximum Gasteiger partial charge on any atom is 0.423 e. The number of benzene rings is 1. The molecule has 8 nitrogen and oxygen atoms in total. The summed E-state index contributed by atoms with van der Waals surface area (Å²) in [5.41, 5.74) is 0.0331. The summed E-state index contributed by atoms with van der Waals surface area (Å²) >= 11 is 0. The number of nitrogens with two attached hydrogens (primary N) is 1. The van der Waals surface area contributed by atoms with Gasteiger partial charge in [0.25, 0.3) is 11.1 Å². The molecule has 5 rings (SSSR count). The van der Waals surface area contributed by atoms with Gasteiger partial charge in [-0.15, -0.1) is 0 Å². The van der Waals surface area contributed by atoms with Crippen LogP contribution < -0.4 is 16.9 Å². The number of halogens is 9. The van der Waals surface area contributed by atoms with Crippen molar-refractivity contribution in [3.63, 3.8) is 0 Å². The average molecular weight is 622 g/mol. The van der Waals surface area contributed by atoms with Crippen LogP contribution >= 0.6 is 0 Å². The van der Waals surface area contributed by atoms with Crippen molar-refractivity contribution in [2.24, 2.45) is 7.05 Å². The number of aryl methyl sites for hydroxylation is 1. The molecule has 1 saturated carbocycles. The standard InChI is InChI=1S/C15H9F4N3O.C6H10F2.C5H4F3N3O/c1-22-3-2-8-4-11(12(16)5-10(8)14(22)23)13-20-6-9(7-21-13)15(17,18)19;7-6(8)4-2-1-3-5-6;6-5(7,8)3-2(9)1-10-11-4(3)12/h2-7H,1H3;1-5H2;1H,(H3,9,11,12). The zero-order chi connectivity index (χ0) is 32.2. The molecule has 0 bridgehead atoms. The predicted molar refractivity (Wildman–Crippen MR) is 137 cm³/mol. The average Bonchev–Trinajstić information content (AvgIpc) is 2.90. The van der Waals surface area contributed by atoms with Crippen LogP contribution in [0.15, 0.2) is 52.6 Å². The lowest BCUT2D eigenvalue weighted by Gasteiger charge is -2.20. The molecule has 17 heteroatoms. The maximum atomic E-state index is 14.2. The molecule has 43 heavy (non-hydrogen) atoms. The molecular formula is C26H23F9N6O2. The molecule has 3 aromatic heterocycles. The van der Waals surface area contributed by atoms with E-state index in [9.17, 15) is 49.1 Å². The summed E-state index contributed by atoms with van der Waals surface area (Å²) < 4.78 is 113. The molecule has 1 aliphatic carbocycles. The van der Waals surface area contributed by atoms with Gasteiger partial charge in [0, 0.05) is 38.5 Å². The van der Waals surface area contributed by atoms with Gasteiger partial charge >= 0.3 is 12.4 Å². The second-order valence-corrected chi connectivity index (χ2v) is 9.39. The highest BCUT2D eigenvalue weighted by atomic mass is 19.4. The van der Waals surface area contributed by atoms with Crippen molar-refractivity contribution in [1.29, 1.82) is 0 Å². The van der Waals surface area contributed by atoms with E-state index in [0.717, 1.165) is 18.7 Å². The Kier molecular flexibility index (Phi) is 9.86. The van der Waals surface area contributed by atoms with Gasteiger partial charge in [0.2, 0.25) is 5.92 Å². The molecule has 0 unspecified atom stereocenters. The first-order valence-corrected chi connectivity index (χ1v) is 12.4. The number of fused-ring (bicyclic) bond motifs is 1.